The molecule has 216 valence electrons. The molecule has 6 heteroatoms. The molecular weight excluding hydrogens is 498 g/mol. The van der Waals surface area contributed by atoms with Gasteiger partial charge in [0.2, 0.25) is 5.91 Å². The minimum Gasteiger partial charge on any atom is -0.444 e. The van der Waals surface area contributed by atoms with Gasteiger partial charge in [-0.05, 0) is 81.4 Å². The van der Waals surface area contributed by atoms with E-state index in [4.69, 9.17) is 4.74 Å². The molecule has 0 bridgehead atoms. The number of nitrogens with zero attached hydrogens (tertiary/aromatic N) is 3. The molecule has 3 fully saturated rings. The summed E-state index contributed by atoms with van der Waals surface area (Å²) in [5.41, 5.74) is 3.62. The van der Waals surface area contributed by atoms with Gasteiger partial charge < -0.3 is 14.5 Å². The van der Waals surface area contributed by atoms with Crippen LogP contribution in [0.2, 0.25) is 0 Å². The van der Waals surface area contributed by atoms with Crippen molar-refractivity contribution in [3.8, 4) is 0 Å². The molecule has 0 N–H and O–H groups in total. The van der Waals surface area contributed by atoms with E-state index in [0.717, 1.165) is 45.3 Å². The van der Waals surface area contributed by atoms with Gasteiger partial charge in [-0.25, -0.2) is 4.79 Å². The van der Waals surface area contributed by atoms with E-state index in [1.165, 1.54) is 16.7 Å². The lowest BCUT2D eigenvalue weighted by Gasteiger charge is -2.58. The fourth-order valence-corrected chi connectivity index (χ4v) is 7.12. The van der Waals surface area contributed by atoms with Gasteiger partial charge in [0.25, 0.3) is 0 Å². The Morgan fingerprint density at radius 1 is 0.950 bits per heavy atom. The number of carbonyl (C=O) groups excluding carboxylic acids is 2. The number of likely N-dealkylation sites (tertiary alicyclic amines) is 1. The third-order valence-corrected chi connectivity index (χ3v) is 9.38. The van der Waals surface area contributed by atoms with Gasteiger partial charge in [0.15, 0.2) is 0 Å². The molecule has 5 rings (SSSR count). The van der Waals surface area contributed by atoms with Crippen LogP contribution in [0.5, 0.6) is 0 Å². The van der Waals surface area contributed by atoms with Gasteiger partial charge in [0, 0.05) is 31.7 Å². The van der Waals surface area contributed by atoms with E-state index < -0.39 is 5.60 Å². The van der Waals surface area contributed by atoms with Crippen molar-refractivity contribution < 1.29 is 14.3 Å². The topological polar surface area (TPSA) is 53.1 Å². The summed E-state index contributed by atoms with van der Waals surface area (Å²) in [5.74, 6) is 0.628. The quantitative estimate of drug-likeness (QED) is 0.409. The lowest BCUT2D eigenvalue weighted by atomic mass is 9.59. The molecule has 2 aromatic rings. The molecule has 2 atom stereocenters. The van der Waals surface area contributed by atoms with Crippen LogP contribution in [0.1, 0.15) is 102 Å². The molecule has 2 aromatic carbocycles. The average molecular weight is 546 g/mol. The first kappa shape index (κ1) is 28.7. The molecule has 40 heavy (non-hydrogen) atoms. The number of carbonyl (C=O) groups is 2. The molecule has 2 unspecified atom stereocenters. The zero-order chi connectivity index (χ0) is 28.7. The normalized spacial score (nSPS) is 22.9. The monoisotopic (exact) mass is 545 g/mol. The highest BCUT2D eigenvalue weighted by atomic mass is 16.6. The molecular formula is C34H47N3O3. The average Bonchev–Trinajstić information content (AvgIpc) is 2.90. The second-order valence-electron chi connectivity index (χ2n) is 13.6. The Hall–Kier alpha value is -2.86. The largest absolute Gasteiger partial charge is 0.444 e. The molecule has 6 nitrogen and oxygen atoms in total. The van der Waals surface area contributed by atoms with Crippen LogP contribution >= 0.6 is 0 Å². The van der Waals surface area contributed by atoms with Crippen molar-refractivity contribution >= 4 is 12.0 Å². The molecule has 3 aliphatic rings. The van der Waals surface area contributed by atoms with Crippen molar-refractivity contribution in [2.75, 3.05) is 26.2 Å². The molecule has 2 saturated heterocycles. The number of amides is 2. The van der Waals surface area contributed by atoms with Crippen molar-refractivity contribution in [2.45, 2.75) is 96.9 Å². The number of rotatable bonds is 5. The van der Waals surface area contributed by atoms with Crippen LogP contribution in [-0.2, 0) is 9.53 Å². The summed E-state index contributed by atoms with van der Waals surface area (Å²) in [6.07, 6.45) is 3.80. The van der Waals surface area contributed by atoms with Crippen LogP contribution in [0.15, 0.2) is 54.6 Å². The van der Waals surface area contributed by atoms with E-state index in [0.29, 0.717) is 12.5 Å². The smallest absolute Gasteiger partial charge is 0.410 e. The van der Waals surface area contributed by atoms with Crippen molar-refractivity contribution in [2.24, 2.45) is 5.41 Å². The summed E-state index contributed by atoms with van der Waals surface area (Å²) in [6, 6.07) is 19.7. The number of piperidine rings is 1. The molecule has 2 aliphatic heterocycles. The maximum atomic E-state index is 14.0. The van der Waals surface area contributed by atoms with Crippen molar-refractivity contribution in [3.63, 3.8) is 0 Å². The third kappa shape index (κ3) is 5.93. The Balaban J connectivity index is 1.33. The Bertz CT molecular complexity index is 1190. The number of hydrogen-bond acceptors (Lipinski definition) is 4. The lowest BCUT2D eigenvalue weighted by molar-refractivity contribution is -0.154. The first-order valence-electron chi connectivity index (χ1n) is 15.1. The van der Waals surface area contributed by atoms with E-state index in [1.807, 2.05) is 31.7 Å². The Morgan fingerprint density at radius 2 is 1.57 bits per heavy atom. The first-order chi connectivity index (χ1) is 19.0. The molecule has 1 aliphatic carbocycles. The third-order valence-electron chi connectivity index (χ3n) is 9.38. The summed E-state index contributed by atoms with van der Waals surface area (Å²) in [6.45, 7) is 15.2. The minimum atomic E-state index is -0.477. The number of benzene rings is 2. The Morgan fingerprint density at radius 3 is 2.20 bits per heavy atom. The van der Waals surface area contributed by atoms with Crippen LogP contribution in [0, 0.1) is 5.41 Å². The van der Waals surface area contributed by atoms with E-state index in [1.54, 1.807) is 0 Å². The summed E-state index contributed by atoms with van der Waals surface area (Å²) in [5, 5.41) is 0. The van der Waals surface area contributed by atoms with Gasteiger partial charge in [-0.1, -0.05) is 68.4 Å². The SMILES string of the molecule is CC(C)c1ccccc1C1CN(C(C)c2ccccc2)CC(=O)N1C1CC2(CCN(C(=O)OC(C)(C)C)CC2)C1. The highest BCUT2D eigenvalue weighted by Crippen LogP contribution is 2.53. The van der Waals surface area contributed by atoms with Crippen molar-refractivity contribution in [1.29, 1.82) is 0 Å². The summed E-state index contributed by atoms with van der Waals surface area (Å²) < 4.78 is 5.61. The zero-order valence-corrected chi connectivity index (χ0v) is 25.2. The van der Waals surface area contributed by atoms with Crippen molar-refractivity contribution in [1.82, 2.24) is 14.7 Å². The molecule has 1 saturated carbocycles. The van der Waals surface area contributed by atoms with E-state index in [2.05, 4.69) is 79.1 Å². The number of piperazine rings is 1. The van der Waals surface area contributed by atoms with Crippen LogP contribution in [0.25, 0.3) is 0 Å². The lowest BCUT2D eigenvalue weighted by Crippen LogP contribution is -2.62. The maximum absolute atomic E-state index is 14.0. The molecule has 0 radical (unpaired) electrons. The summed E-state index contributed by atoms with van der Waals surface area (Å²) in [7, 11) is 0. The van der Waals surface area contributed by atoms with Crippen molar-refractivity contribution in [3.05, 3.63) is 71.3 Å². The number of ether oxygens (including phenoxy) is 1. The van der Waals surface area contributed by atoms with Crippen LogP contribution in [0.3, 0.4) is 0 Å². The Labute approximate surface area is 240 Å². The predicted molar refractivity (Wildman–Crippen MR) is 159 cm³/mol. The highest BCUT2D eigenvalue weighted by molar-refractivity contribution is 5.80. The highest BCUT2D eigenvalue weighted by Gasteiger charge is 2.52. The van der Waals surface area contributed by atoms with Crippen LogP contribution in [-0.4, -0.2) is 64.5 Å². The Kier molecular flexibility index (Phi) is 8.02. The molecule has 2 heterocycles. The fourth-order valence-electron chi connectivity index (χ4n) is 7.12. The van der Waals surface area contributed by atoms with Gasteiger partial charge >= 0.3 is 6.09 Å². The summed E-state index contributed by atoms with van der Waals surface area (Å²) >= 11 is 0. The van der Waals surface area contributed by atoms with Gasteiger partial charge in [0.05, 0.1) is 12.6 Å². The molecule has 0 aromatic heterocycles. The van der Waals surface area contributed by atoms with E-state index in [9.17, 15) is 9.59 Å². The fraction of sp³-hybridized carbons (Fsp3) is 0.588. The maximum Gasteiger partial charge on any atom is 0.410 e. The summed E-state index contributed by atoms with van der Waals surface area (Å²) in [4.78, 5) is 33.1. The van der Waals surface area contributed by atoms with E-state index in [-0.39, 0.29) is 35.5 Å². The zero-order valence-electron chi connectivity index (χ0n) is 25.2. The number of hydrogen-bond donors (Lipinski definition) is 0. The molecule has 2 amide bonds. The van der Waals surface area contributed by atoms with E-state index >= 15 is 0 Å². The van der Waals surface area contributed by atoms with Gasteiger partial charge in [0.1, 0.15) is 5.60 Å². The van der Waals surface area contributed by atoms with Gasteiger partial charge in [-0.2, -0.15) is 0 Å². The standard InChI is InChI=1S/C34H47N3O3/c1-24(2)28-14-10-11-15-29(28)30-22-36(25(3)26-12-8-7-9-13-26)23-31(38)37(30)27-20-34(21-27)16-18-35(19-17-34)32(39)40-33(4,5)6/h7-15,24-25,27,30H,16-23H2,1-6H3. The minimum absolute atomic E-state index is 0.0372. The van der Waals surface area contributed by atoms with Gasteiger partial charge in [-0.3, -0.25) is 9.69 Å². The second-order valence-corrected chi connectivity index (χ2v) is 13.6. The first-order valence-corrected chi connectivity index (χ1v) is 15.1. The van der Waals surface area contributed by atoms with Crippen LogP contribution < -0.4 is 0 Å². The second kappa shape index (κ2) is 11.2. The van der Waals surface area contributed by atoms with Crippen LogP contribution in [0.4, 0.5) is 4.79 Å². The molecule has 1 spiro atoms. The predicted octanol–water partition coefficient (Wildman–Crippen LogP) is 6.94. The van der Waals surface area contributed by atoms with Gasteiger partial charge in [-0.15, -0.1) is 0 Å².